The second-order valence-corrected chi connectivity index (χ2v) is 10.1. The summed E-state index contributed by atoms with van der Waals surface area (Å²) in [6.45, 7) is 4.58. The molecule has 42 heavy (non-hydrogen) atoms. The molecule has 3 saturated heterocycles. The number of piperazine rings is 1. The lowest BCUT2D eigenvalue weighted by molar-refractivity contribution is -0.192. The SMILES string of the molecule is O=C(O)C(F)(F)F.O=C1CCC(N2Cc3ccc(-n4cc(C(=O)N5CCN6CCOC[C@H]6C5)nn4)cc3C2=O)C(=O)N1. The number of carboxylic acid groups (broad SMARTS) is 1. The minimum Gasteiger partial charge on any atom is -0.475 e. The van der Waals surface area contributed by atoms with E-state index in [-0.39, 0.29) is 35.9 Å². The highest BCUT2D eigenvalue weighted by Crippen LogP contribution is 2.29. The number of carbonyl (C=O) groups excluding carboxylic acids is 4. The zero-order valence-corrected chi connectivity index (χ0v) is 22.0. The molecule has 6 rings (SSSR count). The van der Waals surface area contributed by atoms with Gasteiger partial charge in [-0.05, 0) is 24.1 Å². The highest BCUT2D eigenvalue weighted by Gasteiger charge is 2.40. The molecule has 1 aromatic carbocycles. The van der Waals surface area contributed by atoms with Gasteiger partial charge in [0.2, 0.25) is 11.8 Å². The second kappa shape index (κ2) is 11.5. The molecule has 4 aliphatic heterocycles. The summed E-state index contributed by atoms with van der Waals surface area (Å²) in [4.78, 5) is 64.4. The third kappa shape index (κ3) is 5.96. The fourth-order valence-corrected chi connectivity index (χ4v) is 5.27. The van der Waals surface area contributed by atoms with Crippen molar-refractivity contribution in [2.45, 2.75) is 37.6 Å². The van der Waals surface area contributed by atoms with Crippen molar-refractivity contribution < 1.29 is 47.0 Å². The minimum absolute atomic E-state index is 0.178. The summed E-state index contributed by atoms with van der Waals surface area (Å²) in [5.74, 6) is -3.96. The first-order valence-corrected chi connectivity index (χ1v) is 13.0. The number of aliphatic carboxylic acids is 1. The van der Waals surface area contributed by atoms with Crippen LogP contribution in [0.15, 0.2) is 24.4 Å². The monoisotopic (exact) mass is 593 g/mol. The van der Waals surface area contributed by atoms with Crippen LogP contribution >= 0.6 is 0 Å². The average molecular weight is 594 g/mol. The van der Waals surface area contributed by atoms with Crippen molar-refractivity contribution in [2.24, 2.45) is 0 Å². The van der Waals surface area contributed by atoms with Gasteiger partial charge in [-0.15, -0.1) is 5.10 Å². The number of nitrogens with one attached hydrogen (secondary N) is 1. The summed E-state index contributed by atoms with van der Waals surface area (Å²) in [6.07, 6.45) is -2.99. The van der Waals surface area contributed by atoms with Crippen LogP contribution in [0.25, 0.3) is 5.69 Å². The highest BCUT2D eigenvalue weighted by atomic mass is 19.4. The van der Waals surface area contributed by atoms with E-state index in [1.165, 1.54) is 9.58 Å². The lowest BCUT2D eigenvalue weighted by atomic mass is 10.0. The Morgan fingerprint density at radius 1 is 1.12 bits per heavy atom. The number of hydrogen-bond acceptors (Lipinski definition) is 9. The molecule has 0 spiro atoms. The van der Waals surface area contributed by atoms with E-state index in [0.29, 0.717) is 43.9 Å². The Bertz CT molecular complexity index is 1430. The van der Waals surface area contributed by atoms with E-state index in [4.69, 9.17) is 14.6 Å². The van der Waals surface area contributed by atoms with Crippen LogP contribution < -0.4 is 5.32 Å². The van der Waals surface area contributed by atoms with Crippen molar-refractivity contribution >= 4 is 29.6 Å². The van der Waals surface area contributed by atoms with Crippen LogP contribution in [-0.2, 0) is 25.7 Å². The van der Waals surface area contributed by atoms with Crippen LogP contribution in [0, 0.1) is 0 Å². The third-order valence-corrected chi connectivity index (χ3v) is 7.46. The van der Waals surface area contributed by atoms with Crippen LogP contribution in [0.1, 0.15) is 39.3 Å². The molecule has 14 nitrogen and oxygen atoms in total. The molecule has 3 fully saturated rings. The minimum atomic E-state index is -5.08. The quantitative estimate of drug-likeness (QED) is 0.456. The Morgan fingerprint density at radius 2 is 1.88 bits per heavy atom. The van der Waals surface area contributed by atoms with Crippen molar-refractivity contribution in [1.82, 2.24) is 35.0 Å². The number of piperidine rings is 1. The molecule has 5 heterocycles. The van der Waals surface area contributed by atoms with Gasteiger partial charge in [-0.1, -0.05) is 11.3 Å². The fourth-order valence-electron chi connectivity index (χ4n) is 5.27. The van der Waals surface area contributed by atoms with Crippen LogP contribution in [-0.4, -0.2) is 122 Å². The van der Waals surface area contributed by atoms with E-state index in [2.05, 4.69) is 20.5 Å². The first-order valence-electron chi connectivity index (χ1n) is 13.0. The number of hydrogen-bond donors (Lipinski definition) is 2. The predicted molar refractivity (Wildman–Crippen MR) is 133 cm³/mol. The molecule has 0 radical (unpaired) electrons. The Morgan fingerprint density at radius 3 is 2.60 bits per heavy atom. The number of ether oxygens (including phenoxy) is 1. The molecule has 4 aliphatic rings. The van der Waals surface area contributed by atoms with Crippen LogP contribution in [0.2, 0.25) is 0 Å². The number of carbonyl (C=O) groups is 5. The number of carboxylic acids is 1. The van der Waals surface area contributed by atoms with Crippen LogP contribution in [0.5, 0.6) is 0 Å². The molecular weight excluding hydrogens is 567 g/mol. The van der Waals surface area contributed by atoms with Gasteiger partial charge >= 0.3 is 12.1 Å². The van der Waals surface area contributed by atoms with Crippen LogP contribution in [0.3, 0.4) is 0 Å². The predicted octanol–water partition coefficient (Wildman–Crippen LogP) is -0.182. The van der Waals surface area contributed by atoms with Gasteiger partial charge in [-0.2, -0.15) is 13.2 Å². The number of rotatable bonds is 3. The molecule has 2 aromatic rings. The van der Waals surface area contributed by atoms with E-state index in [1.807, 2.05) is 6.07 Å². The molecule has 2 atom stereocenters. The van der Waals surface area contributed by atoms with E-state index < -0.39 is 24.1 Å². The van der Waals surface area contributed by atoms with Crippen LogP contribution in [0.4, 0.5) is 13.2 Å². The Balaban J connectivity index is 0.000000451. The molecular formula is C25H26F3N7O7. The number of morpholine rings is 1. The summed E-state index contributed by atoms with van der Waals surface area (Å²) in [5.41, 5.74) is 2.11. The smallest absolute Gasteiger partial charge is 0.475 e. The number of imide groups is 1. The highest BCUT2D eigenvalue weighted by molar-refractivity contribution is 6.05. The topological polar surface area (TPSA) is 167 Å². The Hall–Kier alpha value is -4.38. The third-order valence-electron chi connectivity index (χ3n) is 7.46. The van der Waals surface area contributed by atoms with Gasteiger partial charge in [0, 0.05) is 44.7 Å². The summed E-state index contributed by atoms with van der Waals surface area (Å²) in [5, 5.41) is 17.6. The van der Waals surface area contributed by atoms with Gasteiger partial charge < -0.3 is 19.6 Å². The molecule has 224 valence electrons. The number of nitrogens with zero attached hydrogens (tertiary/aromatic N) is 6. The zero-order chi connectivity index (χ0) is 30.2. The second-order valence-electron chi connectivity index (χ2n) is 10.1. The summed E-state index contributed by atoms with van der Waals surface area (Å²) in [6, 6.07) is 4.86. The van der Waals surface area contributed by atoms with Crippen molar-refractivity contribution in [3.63, 3.8) is 0 Å². The Kier molecular flexibility index (Phi) is 7.96. The number of aromatic nitrogens is 3. The van der Waals surface area contributed by atoms with Crippen molar-refractivity contribution in [3.8, 4) is 5.69 Å². The summed E-state index contributed by atoms with van der Waals surface area (Å²) in [7, 11) is 0. The fraction of sp³-hybridized carbons (Fsp3) is 0.480. The number of fused-ring (bicyclic) bond motifs is 2. The molecule has 4 amide bonds. The maximum atomic E-state index is 13.1. The largest absolute Gasteiger partial charge is 0.490 e. The van der Waals surface area contributed by atoms with Crippen molar-refractivity contribution in [2.75, 3.05) is 39.4 Å². The van der Waals surface area contributed by atoms with Gasteiger partial charge in [0.1, 0.15) is 6.04 Å². The maximum Gasteiger partial charge on any atom is 0.490 e. The lowest BCUT2D eigenvalue weighted by Gasteiger charge is -2.43. The van der Waals surface area contributed by atoms with Gasteiger partial charge in [0.15, 0.2) is 5.69 Å². The van der Waals surface area contributed by atoms with Gasteiger partial charge in [-0.3, -0.25) is 29.4 Å². The number of halogens is 3. The standard InChI is InChI=1S/C23H25N7O5.C2HF3O2/c31-20-4-3-19(21(32)24-20)29-10-14-1-2-15(9-17(14)22(29)33)30-12-18(25-26-30)23(34)28-6-5-27-7-8-35-13-16(27)11-28;3-2(4,5)1(6)7/h1-2,9,12,16,19H,3-8,10-11,13H2,(H,24,31,32);(H,6,7)/t16-,19?;/m1./s1. The lowest BCUT2D eigenvalue weighted by Crippen LogP contribution is -2.59. The molecule has 2 N–H and O–H groups in total. The molecule has 17 heteroatoms. The number of alkyl halides is 3. The van der Waals surface area contributed by atoms with Gasteiger partial charge in [-0.25, -0.2) is 9.48 Å². The van der Waals surface area contributed by atoms with Crippen molar-refractivity contribution in [3.05, 3.63) is 41.2 Å². The molecule has 1 aromatic heterocycles. The summed E-state index contributed by atoms with van der Waals surface area (Å²) < 4.78 is 38.8. The normalized spacial score (nSPS) is 22.6. The maximum absolute atomic E-state index is 13.1. The Labute approximate surface area is 236 Å². The van der Waals surface area contributed by atoms with E-state index in [0.717, 1.165) is 25.3 Å². The first-order chi connectivity index (χ1) is 19.9. The molecule has 0 bridgehead atoms. The number of amides is 4. The van der Waals surface area contributed by atoms with E-state index >= 15 is 0 Å². The molecule has 0 saturated carbocycles. The number of benzene rings is 1. The molecule has 0 aliphatic carbocycles. The summed E-state index contributed by atoms with van der Waals surface area (Å²) >= 11 is 0. The van der Waals surface area contributed by atoms with Gasteiger partial charge in [0.25, 0.3) is 11.8 Å². The van der Waals surface area contributed by atoms with E-state index in [9.17, 15) is 32.3 Å². The molecule has 1 unspecified atom stereocenters. The van der Waals surface area contributed by atoms with Gasteiger partial charge in [0.05, 0.1) is 31.1 Å². The first kappa shape index (κ1) is 29.1. The van der Waals surface area contributed by atoms with E-state index in [1.54, 1.807) is 23.2 Å². The zero-order valence-electron chi connectivity index (χ0n) is 22.0. The van der Waals surface area contributed by atoms with Crippen molar-refractivity contribution in [1.29, 1.82) is 0 Å². The average Bonchev–Trinajstić information content (AvgIpc) is 3.57.